The third kappa shape index (κ3) is 4.22. The zero-order chi connectivity index (χ0) is 21.3. The monoisotopic (exact) mass is 468 g/mol. The Kier molecular flexibility index (Phi) is 6.36. The number of aryl methyl sites for hydroxylation is 1. The number of benzene rings is 2. The van der Waals surface area contributed by atoms with Crippen molar-refractivity contribution in [2.24, 2.45) is 0 Å². The summed E-state index contributed by atoms with van der Waals surface area (Å²) in [4.78, 5) is 12.9. The Balaban J connectivity index is 1.63. The van der Waals surface area contributed by atoms with E-state index in [9.17, 15) is 13.2 Å². The molecule has 1 aliphatic heterocycles. The molecular formula is C21H22Cl2N2O4S. The number of halogens is 2. The molecule has 4 rings (SSSR count). The number of morpholine rings is 1. The maximum atomic E-state index is 13.1. The van der Waals surface area contributed by atoms with Crippen LogP contribution < -0.4 is 5.32 Å². The Hall–Kier alpha value is -1.64. The number of nitrogens with one attached hydrogen (secondary N) is 1. The van der Waals surface area contributed by atoms with Gasteiger partial charge in [0, 0.05) is 13.1 Å². The van der Waals surface area contributed by atoms with E-state index in [4.69, 9.17) is 27.9 Å². The summed E-state index contributed by atoms with van der Waals surface area (Å²) < 4.78 is 32.7. The SMILES string of the molecule is O=C(N[C@@H]1CCCc2ccccc21)c1cc(S(=O)(=O)N2CCOCC2)c(Cl)cc1Cl. The number of hydrogen-bond acceptors (Lipinski definition) is 4. The minimum atomic E-state index is -3.86. The Bertz CT molecular complexity index is 1070. The number of ether oxygens (including phenoxy) is 1. The molecule has 6 nitrogen and oxygen atoms in total. The fourth-order valence-electron chi connectivity index (χ4n) is 3.97. The molecule has 1 N–H and O–H groups in total. The average molecular weight is 469 g/mol. The standard InChI is InChI=1S/C21H22Cl2N2O4S/c22-17-13-18(23)20(30(27,28)25-8-10-29-11-9-25)12-16(17)21(26)24-19-7-3-5-14-4-1-2-6-15(14)19/h1-2,4,6,12-13,19H,3,5,7-11H2,(H,24,26)/t19-/m1/s1. The number of amides is 1. The highest BCUT2D eigenvalue weighted by Crippen LogP contribution is 2.33. The molecule has 0 aromatic heterocycles. The molecule has 9 heteroatoms. The molecule has 0 bridgehead atoms. The largest absolute Gasteiger partial charge is 0.379 e. The molecule has 1 aliphatic carbocycles. The Morgan fingerprint density at radius 3 is 2.60 bits per heavy atom. The van der Waals surface area contributed by atoms with Crippen molar-refractivity contribution < 1.29 is 17.9 Å². The van der Waals surface area contributed by atoms with Crippen LogP contribution in [0.3, 0.4) is 0 Å². The Labute approximate surface area is 186 Å². The Morgan fingerprint density at radius 1 is 1.10 bits per heavy atom. The summed E-state index contributed by atoms with van der Waals surface area (Å²) >= 11 is 12.5. The van der Waals surface area contributed by atoms with Gasteiger partial charge in [0.2, 0.25) is 10.0 Å². The van der Waals surface area contributed by atoms with Crippen molar-refractivity contribution in [2.45, 2.75) is 30.2 Å². The van der Waals surface area contributed by atoms with E-state index in [2.05, 4.69) is 11.4 Å². The molecule has 2 aromatic rings. The highest BCUT2D eigenvalue weighted by molar-refractivity contribution is 7.89. The molecule has 0 unspecified atom stereocenters. The van der Waals surface area contributed by atoms with E-state index in [1.165, 1.54) is 22.0 Å². The molecule has 30 heavy (non-hydrogen) atoms. The van der Waals surface area contributed by atoms with Crippen LogP contribution in [0.25, 0.3) is 0 Å². The van der Waals surface area contributed by atoms with Gasteiger partial charge in [-0.1, -0.05) is 47.5 Å². The lowest BCUT2D eigenvalue weighted by Gasteiger charge is -2.27. The van der Waals surface area contributed by atoms with Crippen molar-refractivity contribution >= 4 is 39.1 Å². The van der Waals surface area contributed by atoms with Gasteiger partial charge in [0.15, 0.2) is 0 Å². The van der Waals surface area contributed by atoms with E-state index in [0.717, 1.165) is 24.8 Å². The van der Waals surface area contributed by atoms with Crippen molar-refractivity contribution in [2.75, 3.05) is 26.3 Å². The molecule has 1 atom stereocenters. The summed E-state index contributed by atoms with van der Waals surface area (Å²) in [5, 5.41) is 3.12. The van der Waals surface area contributed by atoms with Crippen molar-refractivity contribution in [3.8, 4) is 0 Å². The van der Waals surface area contributed by atoms with Crippen molar-refractivity contribution in [3.05, 3.63) is 63.1 Å². The smallest absolute Gasteiger partial charge is 0.253 e. The van der Waals surface area contributed by atoms with Crippen LogP contribution in [0.5, 0.6) is 0 Å². The first-order valence-corrected chi connectivity index (χ1v) is 12.0. The topological polar surface area (TPSA) is 75.7 Å². The summed E-state index contributed by atoms with van der Waals surface area (Å²) in [6.07, 6.45) is 2.76. The number of carbonyl (C=O) groups is 1. The van der Waals surface area contributed by atoms with Crippen LogP contribution in [0, 0.1) is 0 Å². The third-order valence-electron chi connectivity index (χ3n) is 5.53. The fourth-order valence-corrected chi connectivity index (χ4v) is 6.21. The number of fused-ring (bicyclic) bond motifs is 1. The van der Waals surface area contributed by atoms with Crippen LogP contribution in [-0.2, 0) is 21.2 Å². The Morgan fingerprint density at radius 2 is 1.83 bits per heavy atom. The zero-order valence-corrected chi connectivity index (χ0v) is 18.6. The normalized spacial score (nSPS) is 19.9. The van der Waals surface area contributed by atoms with Crippen molar-refractivity contribution in [1.29, 1.82) is 0 Å². The van der Waals surface area contributed by atoms with Crippen LogP contribution in [0.1, 0.15) is 40.4 Å². The first-order valence-electron chi connectivity index (χ1n) is 9.83. The van der Waals surface area contributed by atoms with Gasteiger partial charge in [-0.25, -0.2) is 8.42 Å². The second kappa shape index (κ2) is 8.85. The van der Waals surface area contributed by atoms with E-state index in [1.807, 2.05) is 18.2 Å². The zero-order valence-electron chi connectivity index (χ0n) is 16.2. The minimum absolute atomic E-state index is 0.00828. The maximum absolute atomic E-state index is 13.1. The van der Waals surface area contributed by atoms with E-state index in [-0.39, 0.29) is 39.6 Å². The molecule has 1 amide bonds. The molecular weight excluding hydrogens is 447 g/mol. The first kappa shape index (κ1) is 21.6. The summed E-state index contributed by atoms with van der Waals surface area (Å²) in [5.74, 6) is -0.420. The van der Waals surface area contributed by atoms with Crippen molar-refractivity contribution in [3.63, 3.8) is 0 Å². The van der Waals surface area contributed by atoms with Crippen LogP contribution in [-0.4, -0.2) is 44.9 Å². The van der Waals surface area contributed by atoms with Crippen LogP contribution in [0.2, 0.25) is 10.0 Å². The summed E-state index contributed by atoms with van der Waals surface area (Å²) in [6.45, 7) is 1.11. The molecule has 0 radical (unpaired) electrons. The van der Waals surface area contributed by atoms with Gasteiger partial charge in [0.05, 0.1) is 34.9 Å². The van der Waals surface area contributed by atoms with Gasteiger partial charge in [-0.15, -0.1) is 0 Å². The second-order valence-electron chi connectivity index (χ2n) is 7.40. The predicted octanol–water partition coefficient (Wildman–Crippen LogP) is 3.82. The highest BCUT2D eigenvalue weighted by Gasteiger charge is 2.31. The summed E-state index contributed by atoms with van der Waals surface area (Å²) in [7, 11) is -3.86. The van der Waals surface area contributed by atoms with Crippen LogP contribution in [0.15, 0.2) is 41.3 Å². The summed E-state index contributed by atoms with van der Waals surface area (Å²) in [6, 6.07) is 10.5. The predicted molar refractivity (Wildman–Crippen MR) is 116 cm³/mol. The van der Waals surface area contributed by atoms with E-state index < -0.39 is 15.9 Å². The summed E-state index contributed by atoms with van der Waals surface area (Å²) in [5.41, 5.74) is 2.39. The number of carbonyl (C=O) groups excluding carboxylic acids is 1. The van der Waals surface area contributed by atoms with E-state index in [0.29, 0.717) is 13.2 Å². The quantitative estimate of drug-likeness (QED) is 0.739. The molecule has 0 saturated carbocycles. The number of nitrogens with zero attached hydrogens (tertiary/aromatic N) is 1. The molecule has 2 aromatic carbocycles. The number of rotatable bonds is 4. The molecule has 2 aliphatic rings. The highest BCUT2D eigenvalue weighted by atomic mass is 35.5. The van der Waals surface area contributed by atoms with Gasteiger partial charge in [-0.3, -0.25) is 4.79 Å². The van der Waals surface area contributed by atoms with Gasteiger partial charge in [0.1, 0.15) is 4.90 Å². The minimum Gasteiger partial charge on any atom is -0.379 e. The van der Waals surface area contributed by atoms with E-state index in [1.54, 1.807) is 0 Å². The number of hydrogen-bond donors (Lipinski definition) is 1. The van der Waals surface area contributed by atoms with Crippen LogP contribution in [0.4, 0.5) is 0 Å². The molecule has 1 saturated heterocycles. The lowest BCUT2D eigenvalue weighted by atomic mass is 9.87. The lowest BCUT2D eigenvalue weighted by Crippen LogP contribution is -2.40. The molecule has 160 valence electrons. The van der Waals surface area contributed by atoms with Gasteiger partial charge in [-0.05, 0) is 42.5 Å². The van der Waals surface area contributed by atoms with Gasteiger partial charge < -0.3 is 10.1 Å². The molecule has 0 spiro atoms. The fraction of sp³-hybridized carbons (Fsp3) is 0.381. The van der Waals surface area contributed by atoms with E-state index >= 15 is 0 Å². The van der Waals surface area contributed by atoms with Crippen molar-refractivity contribution in [1.82, 2.24) is 9.62 Å². The molecule has 1 heterocycles. The van der Waals surface area contributed by atoms with Gasteiger partial charge in [-0.2, -0.15) is 4.31 Å². The third-order valence-corrected chi connectivity index (χ3v) is 8.20. The van der Waals surface area contributed by atoms with Gasteiger partial charge in [0.25, 0.3) is 5.91 Å². The average Bonchev–Trinajstić information content (AvgIpc) is 2.74. The number of sulfonamides is 1. The second-order valence-corrected chi connectivity index (χ2v) is 10.1. The maximum Gasteiger partial charge on any atom is 0.253 e. The first-order chi connectivity index (χ1) is 14.4. The lowest BCUT2D eigenvalue weighted by molar-refractivity contribution is 0.0730. The molecule has 1 fully saturated rings. The van der Waals surface area contributed by atoms with Crippen LogP contribution >= 0.6 is 23.2 Å². The van der Waals surface area contributed by atoms with Gasteiger partial charge >= 0.3 is 0 Å².